The predicted octanol–water partition coefficient (Wildman–Crippen LogP) is 3.90. The molecule has 3 nitrogen and oxygen atoms in total. The van der Waals surface area contributed by atoms with E-state index in [0.29, 0.717) is 5.56 Å². The molecule has 1 fully saturated rings. The molecule has 0 N–H and O–H groups in total. The fraction of sp³-hybridized carbons (Fsp3) is 0.538. The molecular weight excluding hydrogens is 316 g/mol. The number of rotatable bonds is 1. The number of aromatic nitrogens is 1. The predicted molar refractivity (Wildman–Crippen MR) is 75.9 cm³/mol. The molecule has 0 radical (unpaired) electrons. The molecule has 2 heterocycles. The van der Waals surface area contributed by atoms with Crippen LogP contribution in [0.5, 0.6) is 0 Å². The van der Waals surface area contributed by atoms with E-state index in [4.69, 9.17) is 11.6 Å². The summed E-state index contributed by atoms with van der Waals surface area (Å²) in [5, 5.41) is 0.271. The highest BCUT2D eigenvalue weighted by Crippen LogP contribution is 2.27. The third-order valence-electron chi connectivity index (χ3n) is 3.46. The zero-order valence-corrected chi connectivity index (χ0v) is 12.8. The number of halogens is 2. The third kappa shape index (κ3) is 2.69. The van der Waals surface area contributed by atoms with Crippen molar-refractivity contribution >= 4 is 33.4 Å². The molecule has 98 valence electrons. The first-order chi connectivity index (χ1) is 8.50. The van der Waals surface area contributed by atoms with Crippen LogP contribution in [0.2, 0.25) is 5.15 Å². The van der Waals surface area contributed by atoms with E-state index in [1.165, 1.54) is 6.42 Å². The molecule has 1 amide bonds. The van der Waals surface area contributed by atoms with Crippen LogP contribution in [0.15, 0.2) is 16.7 Å². The molecule has 2 rings (SSSR count). The van der Waals surface area contributed by atoms with Crippen molar-refractivity contribution in [1.29, 1.82) is 0 Å². The summed E-state index contributed by atoms with van der Waals surface area (Å²) in [5.74, 6) is -0.0199. The number of piperidine rings is 1. The Hall–Kier alpha value is -0.610. The van der Waals surface area contributed by atoms with Crippen LogP contribution in [0.4, 0.5) is 0 Å². The van der Waals surface area contributed by atoms with E-state index >= 15 is 0 Å². The van der Waals surface area contributed by atoms with E-state index in [0.717, 1.165) is 17.3 Å². The summed E-state index contributed by atoms with van der Waals surface area (Å²) in [7, 11) is 0. The number of carbonyl (C=O) groups excluding carboxylic acids is 1. The molecule has 0 unspecified atom stereocenters. The Balaban J connectivity index is 2.32. The molecule has 0 bridgehead atoms. The number of amides is 1. The minimum Gasteiger partial charge on any atom is -0.333 e. The highest BCUT2D eigenvalue weighted by atomic mass is 79.9. The quantitative estimate of drug-likeness (QED) is 0.731. The van der Waals surface area contributed by atoms with Gasteiger partial charge in [-0.25, -0.2) is 4.98 Å². The average molecular weight is 332 g/mol. The first-order valence-corrected chi connectivity index (χ1v) is 7.31. The van der Waals surface area contributed by atoms with Crippen LogP contribution in [0.3, 0.4) is 0 Å². The maximum atomic E-state index is 12.6. The maximum Gasteiger partial charge on any atom is 0.257 e. The zero-order chi connectivity index (χ0) is 13.3. The lowest BCUT2D eigenvalue weighted by Crippen LogP contribution is -2.47. The fourth-order valence-corrected chi connectivity index (χ4v) is 3.05. The Kier molecular flexibility index (Phi) is 4.28. The summed E-state index contributed by atoms with van der Waals surface area (Å²) < 4.78 is 0.771. The Morgan fingerprint density at radius 2 is 2.06 bits per heavy atom. The maximum absolute atomic E-state index is 12.6. The van der Waals surface area contributed by atoms with Gasteiger partial charge in [-0.3, -0.25) is 4.79 Å². The molecule has 0 spiro atoms. The SMILES string of the molecule is C[C@@H]1CCC[C@H](C)N1C(=O)c1cc(Br)cnc1Cl. The van der Waals surface area contributed by atoms with Gasteiger partial charge in [-0.2, -0.15) is 0 Å². The molecule has 1 aromatic rings. The van der Waals surface area contributed by atoms with Gasteiger partial charge in [0.2, 0.25) is 0 Å². The molecule has 0 aliphatic carbocycles. The number of pyridine rings is 1. The van der Waals surface area contributed by atoms with E-state index in [1.54, 1.807) is 12.3 Å². The molecule has 1 saturated heterocycles. The molecule has 1 aromatic heterocycles. The van der Waals surface area contributed by atoms with E-state index in [1.807, 2.05) is 4.90 Å². The normalized spacial score (nSPS) is 24.1. The molecule has 1 aliphatic rings. The number of carbonyl (C=O) groups is 1. The molecule has 5 heteroatoms. The second-order valence-corrected chi connectivity index (χ2v) is 6.11. The van der Waals surface area contributed by atoms with Gasteiger partial charge in [0.25, 0.3) is 5.91 Å². The van der Waals surface area contributed by atoms with Gasteiger partial charge in [-0.1, -0.05) is 11.6 Å². The zero-order valence-electron chi connectivity index (χ0n) is 10.5. The monoisotopic (exact) mass is 330 g/mol. The van der Waals surface area contributed by atoms with Crippen molar-refractivity contribution in [3.63, 3.8) is 0 Å². The fourth-order valence-electron chi connectivity index (χ4n) is 2.53. The van der Waals surface area contributed by atoms with Crippen LogP contribution >= 0.6 is 27.5 Å². The lowest BCUT2D eigenvalue weighted by molar-refractivity contribution is 0.0510. The lowest BCUT2D eigenvalue weighted by atomic mass is 9.96. The average Bonchev–Trinajstić information content (AvgIpc) is 2.32. The van der Waals surface area contributed by atoms with Crippen molar-refractivity contribution < 1.29 is 4.79 Å². The van der Waals surface area contributed by atoms with Gasteiger partial charge >= 0.3 is 0 Å². The van der Waals surface area contributed by atoms with Crippen LogP contribution in [-0.4, -0.2) is 27.9 Å². The second-order valence-electron chi connectivity index (χ2n) is 4.83. The summed E-state index contributed by atoms with van der Waals surface area (Å²) >= 11 is 9.35. The largest absolute Gasteiger partial charge is 0.333 e. The Morgan fingerprint density at radius 1 is 1.44 bits per heavy atom. The minimum atomic E-state index is -0.0199. The third-order valence-corrected chi connectivity index (χ3v) is 4.20. The van der Waals surface area contributed by atoms with Gasteiger partial charge in [0.1, 0.15) is 5.15 Å². The van der Waals surface area contributed by atoms with Gasteiger partial charge in [-0.05, 0) is 55.1 Å². The van der Waals surface area contributed by atoms with Gasteiger partial charge in [-0.15, -0.1) is 0 Å². The van der Waals surface area contributed by atoms with Crippen molar-refractivity contribution in [3.05, 3.63) is 27.5 Å². The first-order valence-electron chi connectivity index (χ1n) is 6.14. The highest BCUT2D eigenvalue weighted by Gasteiger charge is 2.30. The van der Waals surface area contributed by atoms with E-state index < -0.39 is 0 Å². The van der Waals surface area contributed by atoms with Crippen LogP contribution in [0.1, 0.15) is 43.5 Å². The Bertz CT molecular complexity index is 456. The molecule has 1 aliphatic heterocycles. The Morgan fingerprint density at radius 3 is 2.67 bits per heavy atom. The molecule has 0 saturated carbocycles. The van der Waals surface area contributed by atoms with E-state index in [2.05, 4.69) is 34.8 Å². The molecule has 0 aromatic carbocycles. The summed E-state index contributed by atoms with van der Waals surface area (Å²) in [5.41, 5.74) is 0.478. The number of hydrogen-bond donors (Lipinski definition) is 0. The minimum absolute atomic E-state index is 0.0199. The summed E-state index contributed by atoms with van der Waals surface area (Å²) in [6.45, 7) is 4.18. The van der Waals surface area contributed by atoms with E-state index in [9.17, 15) is 4.79 Å². The molecule has 18 heavy (non-hydrogen) atoms. The van der Waals surface area contributed by atoms with Crippen LogP contribution in [0.25, 0.3) is 0 Å². The molecule has 2 atom stereocenters. The van der Waals surface area contributed by atoms with Crippen molar-refractivity contribution in [2.24, 2.45) is 0 Å². The Labute approximate surface area is 121 Å². The topological polar surface area (TPSA) is 33.2 Å². The molecular formula is C13H16BrClN2O. The summed E-state index contributed by atoms with van der Waals surface area (Å²) in [4.78, 5) is 18.5. The first kappa shape index (κ1) is 13.8. The number of nitrogens with zero attached hydrogens (tertiary/aromatic N) is 2. The number of hydrogen-bond acceptors (Lipinski definition) is 2. The van der Waals surface area contributed by atoms with Crippen LogP contribution in [-0.2, 0) is 0 Å². The van der Waals surface area contributed by atoms with Crippen LogP contribution in [0, 0.1) is 0 Å². The smallest absolute Gasteiger partial charge is 0.257 e. The van der Waals surface area contributed by atoms with Gasteiger partial charge < -0.3 is 4.90 Å². The van der Waals surface area contributed by atoms with Crippen molar-refractivity contribution in [2.45, 2.75) is 45.2 Å². The van der Waals surface area contributed by atoms with Crippen LogP contribution < -0.4 is 0 Å². The van der Waals surface area contributed by atoms with Gasteiger partial charge in [0.15, 0.2) is 0 Å². The van der Waals surface area contributed by atoms with Gasteiger partial charge in [0, 0.05) is 22.8 Å². The second kappa shape index (κ2) is 5.57. The van der Waals surface area contributed by atoms with Crippen molar-refractivity contribution in [2.75, 3.05) is 0 Å². The van der Waals surface area contributed by atoms with Gasteiger partial charge in [0.05, 0.1) is 5.56 Å². The number of likely N-dealkylation sites (tertiary alicyclic amines) is 1. The highest BCUT2D eigenvalue weighted by molar-refractivity contribution is 9.10. The standard InChI is InChI=1S/C13H16BrClN2O/c1-8-4-3-5-9(2)17(8)13(18)11-6-10(14)7-16-12(11)15/h6-9H,3-5H2,1-2H3/t8-,9+. The summed E-state index contributed by atoms with van der Waals surface area (Å²) in [6, 6.07) is 2.26. The lowest BCUT2D eigenvalue weighted by Gasteiger charge is -2.39. The van der Waals surface area contributed by atoms with Crippen molar-refractivity contribution in [1.82, 2.24) is 9.88 Å². The van der Waals surface area contributed by atoms with Crippen molar-refractivity contribution in [3.8, 4) is 0 Å². The van der Waals surface area contributed by atoms with E-state index in [-0.39, 0.29) is 23.1 Å². The summed E-state index contributed by atoms with van der Waals surface area (Å²) in [6.07, 6.45) is 4.88.